The molecule has 2 aliphatic carbocycles. The number of hydrogen-bond acceptors (Lipinski definition) is 7. The number of halogens is 1. The lowest BCUT2D eigenvalue weighted by molar-refractivity contribution is 0.00791. The number of ether oxygens (including phenoxy) is 1. The number of morpholine rings is 1. The summed E-state index contributed by atoms with van der Waals surface area (Å²) in [5.41, 5.74) is 2.09. The van der Waals surface area contributed by atoms with Crippen molar-refractivity contribution in [1.82, 2.24) is 14.9 Å². The molecule has 1 saturated heterocycles. The fourth-order valence-electron chi connectivity index (χ4n) is 5.57. The predicted molar refractivity (Wildman–Crippen MR) is 131 cm³/mol. The molecule has 6 nitrogen and oxygen atoms in total. The summed E-state index contributed by atoms with van der Waals surface area (Å²) in [4.78, 5) is 14.8. The number of hydrogen-bond donors (Lipinski definition) is 2. The quantitative estimate of drug-likeness (QED) is 0.543. The third-order valence-electron chi connectivity index (χ3n) is 7.25. The van der Waals surface area contributed by atoms with Crippen LogP contribution in [0.15, 0.2) is 24.3 Å². The first kappa shape index (κ1) is 21.3. The third kappa shape index (κ3) is 4.44. The van der Waals surface area contributed by atoms with Crippen molar-refractivity contribution in [2.75, 3.05) is 36.9 Å². The first-order chi connectivity index (χ1) is 16.2. The Morgan fingerprint density at radius 3 is 2.73 bits per heavy atom. The molecule has 0 spiro atoms. The van der Waals surface area contributed by atoms with E-state index in [4.69, 9.17) is 14.7 Å². The van der Waals surface area contributed by atoms with Gasteiger partial charge >= 0.3 is 0 Å². The van der Waals surface area contributed by atoms with Crippen LogP contribution in [0.1, 0.15) is 42.5 Å². The van der Waals surface area contributed by atoms with Crippen LogP contribution >= 0.6 is 11.3 Å². The highest BCUT2D eigenvalue weighted by Gasteiger charge is 2.29. The SMILES string of the molecule is Fc1cccc(Nc2nc(N[C@H]3CC[C@H](N4CCOCC4)CC3)c3c4c(sc3n2)CCC4)c1. The average molecular weight is 468 g/mol. The van der Waals surface area contributed by atoms with Gasteiger partial charge in [-0.1, -0.05) is 6.07 Å². The van der Waals surface area contributed by atoms with E-state index in [9.17, 15) is 4.39 Å². The van der Waals surface area contributed by atoms with Crippen molar-refractivity contribution in [3.05, 3.63) is 40.5 Å². The van der Waals surface area contributed by atoms with Gasteiger partial charge in [-0.15, -0.1) is 11.3 Å². The molecular weight excluding hydrogens is 437 g/mol. The highest BCUT2D eigenvalue weighted by atomic mass is 32.1. The zero-order valence-corrected chi connectivity index (χ0v) is 19.6. The van der Waals surface area contributed by atoms with Gasteiger partial charge in [0.2, 0.25) is 5.95 Å². The zero-order chi connectivity index (χ0) is 22.2. The monoisotopic (exact) mass is 467 g/mol. The maximum Gasteiger partial charge on any atom is 0.230 e. The fraction of sp³-hybridized carbons (Fsp3) is 0.520. The van der Waals surface area contributed by atoms with E-state index in [1.165, 1.54) is 47.2 Å². The Morgan fingerprint density at radius 2 is 1.91 bits per heavy atom. The summed E-state index contributed by atoms with van der Waals surface area (Å²) in [6, 6.07) is 7.54. The van der Waals surface area contributed by atoms with Gasteiger partial charge in [0, 0.05) is 35.7 Å². The van der Waals surface area contributed by atoms with Crippen LogP contribution in [0.3, 0.4) is 0 Å². The minimum absolute atomic E-state index is 0.272. The van der Waals surface area contributed by atoms with Gasteiger partial charge in [0.15, 0.2) is 0 Å². The van der Waals surface area contributed by atoms with E-state index in [2.05, 4.69) is 15.5 Å². The van der Waals surface area contributed by atoms with E-state index in [1.807, 2.05) is 6.07 Å². The second-order valence-corrected chi connectivity index (χ2v) is 10.5. The van der Waals surface area contributed by atoms with Crippen LogP contribution in [-0.2, 0) is 17.6 Å². The summed E-state index contributed by atoms with van der Waals surface area (Å²) in [6.45, 7) is 3.85. The van der Waals surface area contributed by atoms with E-state index in [0.29, 0.717) is 23.7 Å². The van der Waals surface area contributed by atoms with Crippen molar-refractivity contribution >= 4 is 39.0 Å². The number of aromatic nitrogens is 2. The van der Waals surface area contributed by atoms with Gasteiger partial charge in [0.05, 0.1) is 18.6 Å². The van der Waals surface area contributed by atoms with E-state index in [0.717, 1.165) is 62.6 Å². The van der Waals surface area contributed by atoms with Gasteiger partial charge in [0.1, 0.15) is 16.5 Å². The van der Waals surface area contributed by atoms with Crippen molar-refractivity contribution < 1.29 is 9.13 Å². The Balaban J connectivity index is 1.24. The maximum absolute atomic E-state index is 13.7. The fourth-order valence-corrected chi connectivity index (χ4v) is 6.83. The normalized spacial score (nSPS) is 23.5. The van der Waals surface area contributed by atoms with Gasteiger partial charge in [-0.05, 0) is 68.7 Å². The molecule has 1 aromatic carbocycles. The Hall–Kier alpha value is -2.29. The van der Waals surface area contributed by atoms with Crippen molar-refractivity contribution in [3.63, 3.8) is 0 Å². The van der Waals surface area contributed by atoms with Gasteiger partial charge in [-0.2, -0.15) is 4.98 Å². The molecule has 6 rings (SSSR count). The van der Waals surface area contributed by atoms with Gasteiger partial charge < -0.3 is 15.4 Å². The topological polar surface area (TPSA) is 62.3 Å². The molecule has 174 valence electrons. The number of thiophene rings is 1. The Bertz CT molecular complexity index is 1140. The van der Waals surface area contributed by atoms with E-state index in [-0.39, 0.29) is 5.82 Å². The van der Waals surface area contributed by atoms with Crippen LogP contribution < -0.4 is 10.6 Å². The standard InChI is InChI=1S/C25H30FN5OS/c26-16-3-1-4-18(15-16)28-25-29-23(22-20-5-2-6-21(20)33-24(22)30-25)27-17-7-9-19(10-8-17)31-11-13-32-14-12-31/h1,3-4,15,17,19H,2,5-14H2,(H2,27,28,29,30)/t17-,19-. The molecule has 0 radical (unpaired) electrons. The molecule has 0 unspecified atom stereocenters. The Labute approximate surface area is 197 Å². The number of fused-ring (bicyclic) bond motifs is 3. The van der Waals surface area contributed by atoms with Crippen molar-refractivity contribution in [1.29, 1.82) is 0 Å². The molecule has 0 atom stereocenters. The lowest BCUT2D eigenvalue weighted by atomic mass is 9.90. The second kappa shape index (κ2) is 9.16. The van der Waals surface area contributed by atoms with Crippen LogP contribution in [0.25, 0.3) is 10.2 Å². The molecule has 1 aliphatic heterocycles. The average Bonchev–Trinajstić information content (AvgIpc) is 3.41. The highest BCUT2D eigenvalue weighted by molar-refractivity contribution is 7.19. The number of nitrogens with one attached hydrogen (secondary N) is 2. The number of benzene rings is 1. The first-order valence-corrected chi connectivity index (χ1v) is 13.0. The molecule has 2 N–H and O–H groups in total. The van der Waals surface area contributed by atoms with E-state index < -0.39 is 0 Å². The van der Waals surface area contributed by atoms with Crippen LogP contribution in [0.2, 0.25) is 0 Å². The minimum Gasteiger partial charge on any atom is -0.379 e. The molecule has 2 fully saturated rings. The zero-order valence-electron chi connectivity index (χ0n) is 18.8. The smallest absolute Gasteiger partial charge is 0.230 e. The Kier molecular flexibility index (Phi) is 5.90. The van der Waals surface area contributed by atoms with Crippen LogP contribution in [0, 0.1) is 5.82 Å². The largest absolute Gasteiger partial charge is 0.379 e. The third-order valence-corrected chi connectivity index (χ3v) is 8.43. The second-order valence-electron chi connectivity index (χ2n) is 9.37. The minimum atomic E-state index is -0.272. The molecule has 0 amide bonds. The van der Waals surface area contributed by atoms with Gasteiger partial charge in [0.25, 0.3) is 0 Å². The molecule has 3 aliphatic rings. The van der Waals surface area contributed by atoms with Crippen LogP contribution in [0.5, 0.6) is 0 Å². The summed E-state index contributed by atoms with van der Waals surface area (Å²) in [5.74, 6) is 1.19. The molecule has 8 heteroatoms. The number of anilines is 3. The predicted octanol–water partition coefficient (Wildman–Crippen LogP) is 5.12. The summed E-state index contributed by atoms with van der Waals surface area (Å²) in [5, 5.41) is 8.22. The summed E-state index contributed by atoms with van der Waals surface area (Å²) in [7, 11) is 0. The summed E-state index contributed by atoms with van der Waals surface area (Å²) in [6.07, 6.45) is 8.16. The molecule has 3 aromatic rings. The molecule has 2 aromatic heterocycles. The molecule has 3 heterocycles. The molecule has 0 bridgehead atoms. The van der Waals surface area contributed by atoms with Crippen molar-refractivity contribution in [2.24, 2.45) is 0 Å². The van der Waals surface area contributed by atoms with Gasteiger partial charge in [-0.25, -0.2) is 9.37 Å². The van der Waals surface area contributed by atoms with Crippen LogP contribution in [0.4, 0.5) is 21.8 Å². The number of rotatable bonds is 5. The molecule has 33 heavy (non-hydrogen) atoms. The lowest BCUT2D eigenvalue weighted by Gasteiger charge is -2.39. The number of aryl methyl sites for hydroxylation is 2. The van der Waals surface area contributed by atoms with E-state index >= 15 is 0 Å². The van der Waals surface area contributed by atoms with Crippen LogP contribution in [-0.4, -0.2) is 53.3 Å². The van der Waals surface area contributed by atoms with Gasteiger partial charge in [-0.3, -0.25) is 4.90 Å². The van der Waals surface area contributed by atoms with Crippen molar-refractivity contribution in [2.45, 2.75) is 57.0 Å². The first-order valence-electron chi connectivity index (χ1n) is 12.2. The number of nitrogens with zero attached hydrogens (tertiary/aromatic N) is 3. The highest BCUT2D eigenvalue weighted by Crippen LogP contribution is 2.41. The van der Waals surface area contributed by atoms with E-state index in [1.54, 1.807) is 17.4 Å². The van der Waals surface area contributed by atoms with Crippen molar-refractivity contribution in [3.8, 4) is 0 Å². The summed E-state index contributed by atoms with van der Waals surface area (Å²) < 4.78 is 19.2. The Morgan fingerprint density at radius 1 is 1.06 bits per heavy atom. The maximum atomic E-state index is 13.7. The molecular formula is C25H30FN5OS. The molecule has 1 saturated carbocycles. The lowest BCUT2D eigenvalue weighted by Crippen LogP contribution is -2.46. The summed E-state index contributed by atoms with van der Waals surface area (Å²) >= 11 is 1.79.